The van der Waals surface area contributed by atoms with E-state index in [-0.39, 0.29) is 28.1 Å². The lowest BCUT2D eigenvalue weighted by atomic mass is 10.1. The van der Waals surface area contributed by atoms with Crippen molar-refractivity contribution >= 4 is 28.6 Å². The number of nitro groups is 1. The summed E-state index contributed by atoms with van der Waals surface area (Å²) in [7, 11) is 1.54. The van der Waals surface area contributed by atoms with Gasteiger partial charge in [0, 0.05) is 17.0 Å². The second-order valence-corrected chi connectivity index (χ2v) is 8.58. The molecule has 0 saturated carbocycles. The second-order valence-electron chi connectivity index (χ2n) is 8.58. The number of ether oxygens (including phenoxy) is 2. The van der Waals surface area contributed by atoms with Crippen LogP contribution >= 0.6 is 0 Å². The predicted octanol–water partition coefficient (Wildman–Crippen LogP) is 5.09. The molecular formula is C23H25N5O5. The van der Waals surface area contributed by atoms with Gasteiger partial charge >= 0.3 is 6.09 Å². The van der Waals surface area contributed by atoms with Gasteiger partial charge in [-0.15, -0.1) is 0 Å². The molecule has 1 N–H and O–H groups in total. The van der Waals surface area contributed by atoms with Gasteiger partial charge in [-0.25, -0.2) is 9.78 Å². The number of anilines is 1. The normalized spacial score (nSPS) is 11.2. The number of nitrogens with one attached hydrogen (secondary N) is 1. The highest BCUT2D eigenvalue weighted by Gasteiger charge is 2.28. The first kappa shape index (κ1) is 23.5. The maximum Gasteiger partial charge on any atom is 0.413 e. The summed E-state index contributed by atoms with van der Waals surface area (Å²) in [6.07, 6.45) is -0.771. The molecule has 0 aliphatic carbocycles. The summed E-state index contributed by atoms with van der Waals surface area (Å²) in [6.45, 7) is 10.4. The van der Waals surface area contributed by atoms with Gasteiger partial charge in [-0.2, -0.15) is 5.26 Å². The average Bonchev–Trinajstić information content (AvgIpc) is 2.98. The predicted molar refractivity (Wildman–Crippen MR) is 123 cm³/mol. The number of nitrogens with zero attached hydrogens (tertiary/aromatic N) is 4. The smallest absolute Gasteiger partial charge is 0.413 e. The van der Waals surface area contributed by atoms with Crippen molar-refractivity contribution in [2.75, 3.05) is 12.4 Å². The van der Waals surface area contributed by atoms with Crippen molar-refractivity contribution in [2.24, 2.45) is 0 Å². The monoisotopic (exact) mass is 451 g/mol. The zero-order valence-corrected chi connectivity index (χ0v) is 19.6. The molecule has 0 saturated heterocycles. The molecule has 0 aliphatic heterocycles. The summed E-state index contributed by atoms with van der Waals surface area (Å²) in [5, 5.41) is 24.4. The van der Waals surface area contributed by atoms with Crippen molar-refractivity contribution < 1.29 is 19.2 Å². The lowest BCUT2D eigenvalue weighted by molar-refractivity contribution is -0.385. The van der Waals surface area contributed by atoms with Gasteiger partial charge in [-0.3, -0.25) is 20.0 Å². The number of aromatic nitrogens is 2. The van der Waals surface area contributed by atoms with E-state index in [4.69, 9.17) is 9.47 Å². The van der Waals surface area contributed by atoms with Crippen LogP contribution in [-0.4, -0.2) is 33.3 Å². The zero-order chi connectivity index (χ0) is 24.7. The van der Waals surface area contributed by atoms with Crippen molar-refractivity contribution in [3.05, 3.63) is 50.7 Å². The number of pyridine rings is 1. The van der Waals surface area contributed by atoms with Crippen molar-refractivity contribution in [3.8, 4) is 17.5 Å². The molecule has 2 aromatic heterocycles. The molecule has 10 heteroatoms. The number of nitriles is 1. The van der Waals surface area contributed by atoms with Crippen LogP contribution in [-0.2, 0) is 4.74 Å². The van der Waals surface area contributed by atoms with E-state index in [0.717, 1.165) is 11.1 Å². The third-order valence-electron chi connectivity index (χ3n) is 5.06. The van der Waals surface area contributed by atoms with Crippen LogP contribution in [0.25, 0.3) is 16.7 Å². The standard InChI is InChI=1S/C23H25N5O5/c1-12-8-9-18(32-7)13(2)19(12)27-20-15(10-17(28(30)31)14(3)25-20)16(11-24)21(27)26-22(29)33-23(4,5)6/h8-10H,1-7H3,(H,26,29). The summed E-state index contributed by atoms with van der Waals surface area (Å²) in [4.78, 5) is 28.1. The molecule has 2 heterocycles. The van der Waals surface area contributed by atoms with Crippen LogP contribution in [0.3, 0.4) is 0 Å². The van der Waals surface area contributed by atoms with Gasteiger partial charge < -0.3 is 9.47 Å². The Bertz CT molecular complexity index is 1330. The largest absolute Gasteiger partial charge is 0.496 e. The number of hydrogen-bond donors (Lipinski definition) is 1. The van der Waals surface area contributed by atoms with Crippen LogP contribution in [0.15, 0.2) is 18.2 Å². The van der Waals surface area contributed by atoms with E-state index < -0.39 is 16.6 Å². The van der Waals surface area contributed by atoms with Crippen LogP contribution < -0.4 is 10.1 Å². The lowest BCUT2D eigenvalue weighted by Gasteiger charge is -2.21. The summed E-state index contributed by atoms with van der Waals surface area (Å²) >= 11 is 0. The summed E-state index contributed by atoms with van der Waals surface area (Å²) in [5.41, 5.74) is 1.70. The second kappa shape index (κ2) is 8.43. The van der Waals surface area contributed by atoms with E-state index in [0.29, 0.717) is 17.1 Å². The van der Waals surface area contributed by atoms with Crippen LogP contribution in [0, 0.1) is 42.2 Å². The van der Waals surface area contributed by atoms with Crippen molar-refractivity contribution in [1.82, 2.24) is 9.55 Å². The molecule has 0 fully saturated rings. The molecule has 0 radical (unpaired) electrons. The first-order valence-corrected chi connectivity index (χ1v) is 10.1. The van der Waals surface area contributed by atoms with Gasteiger partial charge in [0.05, 0.1) is 17.7 Å². The number of carbonyl (C=O) groups excluding carboxylic acids is 1. The third kappa shape index (κ3) is 4.30. The van der Waals surface area contributed by atoms with E-state index >= 15 is 0 Å². The lowest BCUT2D eigenvalue weighted by Crippen LogP contribution is -2.28. The number of rotatable bonds is 4. The number of methoxy groups -OCH3 is 1. The van der Waals surface area contributed by atoms with Crippen molar-refractivity contribution in [2.45, 2.75) is 47.1 Å². The molecule has 10 nitrogen and oxygen atoms in total. The van der Waals surface area contributed by atoms with Gasteiger partial charge in [-0.05, 0) is 53.2 Å². The first-order chi connectivity index (χ1) is 15.4. The fraction of sp³-hybridized carbons (Fsp3) is 0.348. The van der Waals surface area contributed by atoms with Crippen molar-refractivity contribution in [3.63, 3.8) is 0 Å². The van der Waals surface area contributed by atoms with Crippen LogP contribution in [0.5, 0.6) is 5.75 Å². The molecule has 0 spiro atoms. The van der Waals surface area contributed by atoms with Crippen LogP contribution in [0.4, 0.5) is 16.3 Å². The number of benzene rings is 1. The minimum atomic E-state index is -0.775. The highest BCUT2D eigenvalue weighted by Crippen LogP contribution is 2.38. The van der Waals surface area contributed by atoms with Crippen LogP contribution in [0.1, 0.15) is 43.2 Å². The minimum Gasteiger partial charge on any atom is -0.496 e. The SMILES string of the molecule is COc1ccc(C)c(-n2c(NC(=O)OC(C)(C)C)c(C#N)c3cc([N+](=O)[O-])c(C)nc32)c1C. The van der Waals surface area contributed by atoms with Gasteiger partial charge in [0.2, 0.25) is 0 Å². The minimum absolute atomic E-state index is 0.0353. The Morgan fingerprint density at radius 2 is 1.94 bits per heavy atom. The fourth-order valence-corrected chi connectivity index (χ4v) is 3.70. The Labute approximate surface area is 190 Å². The zero-order valence-electron chi connectivity index (χ0n) is 19.6. The Morgan fingerprint density at radius 1 is 1.27 bits per heavy atom. The van der Waals surface area contributed by atoms with Crippen LogP contribution in [0.2, 0.25) is 0 Å². The summed E-state index contributed by atoms with van der Waals surface area (Å²) < 4.78 is 12.5. The molecule has 3 aromatic rings. The van der Waals surface area contributed by atoms with E-state index in [1.54, 1.807) is 32.4 Å². The van der Waals surface area contributed by atoms with E-state index in [9.17, 15) is 20.2 Å². The molecular weight excluding hydrogens is 426 g/mol. The Balaban J connectivity index is 2.45. The molecule has 3 rings (SSSR count). The first-order valence-electron chi connectivity index (χ1n) is 10.1. The quantitative estimate of drug-likeness (QED) is 0.432. The Morgan fingerprint density at radius 3 is 2.48 bits per heavy atom. The third-order valence-corrected chi connectivity index (χ3v) is 5.06. The van der Waals surface area contributed by atoms with E-state index in [1.165, 1.54) is 13.0 Å². The van der Waals surface area contributed by atoms with Crippen molar-refractivity contribution in [1.29, 1.82) is 5.26 Å². The topological polar surface area (TPSA) is 132 Å². The highest BCUT2D eigenvalue weighted by atomic mass is 16.6. The number of fused-ring (bicyclic) bond motifs is 1. The fourth-order valence-electron chi connectivity index (χ4n) is 3.70. The Hall–Kier alpha value is -4.13. The van der Waals surface area contributed by atoms with E-state index in [2.05, 4.69) is 16.4 Å². The maximum atomic E-state index is 12.7. The molecule has 1 amide bonds. The van der Waals surface area contributed by atoms with Gasteiger partial charge in [0.25, 0.3) is 5.69 Å². The molecule has 172 valence electrons. The van der Waals surface area contributed by atoms with E-state index in [1.807, 2.05) is 26.0 Å². The maximum absolute atomic E-state index is 12.7. The molecule has 0 aliphatic rings. The van der Waals surface area contributed by atoms with Gasteiger partial charge in [0.1, 0.15) is 40.1 Å². The number of carbonyl (C=O) groups is 1. The summed E-state index contributed by atoms with van der Waals surface area (Å²) in [6, 6.07) is 7.03. The molecule has 0 bridgehead atoms. The number of amides is 1. The number of aryl methyl sites for hydroxylation is 2. The highest BCUT2D eigenvalue weighted by molar-refractivity contribution is 5.98. The average molecular weight is 451 g/mol. The molecule has 0 unspecified atom stereocenters. The number of hydrogen-bond acceptors (Lipinski definition) is 7. The molecule has 1 aromatic carbocycles. The summed E-state index contributed by atoms with van der Waals surface area (Å²) in [5.74, 6) is 0.700. The molecule has 33 heavy (non-hydrogen) atoms. The van der Waals surface area contributed by atoms with Gasteiger partial charge in [-0.1, -0.05) is 6.07 Å². The Kier molecular flexibility index (Phi) is 6.01. The van der Waals surface area contributed by atoms with Gasteiger partial charge in [0.15, 0.2) is 0 Å². The molecule has 0 atom stereocenters.